The third-order valence-electron chi connectivity index (χ3n) is 1.07. The van der Waals surface area contributed by atoms with Crippen LogP contribution in [0.15, 0.2) is 23.0 Å². The van der Waals surface area contributed by atoms with Crippen molar-refractivity contribution in [2.24, 2.45) is 0 Å². The van der Waals surface area contributed by atoms with Crippen LogP contribution in [0.1, 0.15) is 5.69 Å². The smallest absolute Gasteiger partial charge is 0.320 e. The second kappa shape index (κ2) is 2.62. The first kappa shape index (κ1) is 8.20. The lowest BCUT2D eigenvalue weighted by atomic mass is 10.4. The summed E-state index contributed by atoms with van der Waals surface area (Å²) >= 11 is 4.63. The van der Waals surface area contributed by atoms with Gasteiger partial charge in [-0.1, -0.05) is 6.07 Å². The molecule has 0 spiro atoms. The lowest BCUT2D eigenvalue weighted by Gasteiger charge is -2.05. The van der Waals surface area contributed by atoms with Crippen molar-refractivity contribution in [3.8, 4) is 0 Å². The van der Waals surface area contributed by atoms with Crippen molar-refractivity contribution >= 4 is 11.6 Å². The highest BCUT2D eigenvalue weighted by atomic mass is 35.5. The highest BCUT2D eigenvalue weighted by Crippen LogP contribution is 2.29. The molecular weight excluding hydrogens is 176 g/mol. The minimum atomic E-state index is -3.50. The molecule has 1 rings (SSSR count). The average molecular weight is 180 g/mol. The summed E-state index contributed by atoms with van der Waals surface area (Å²) in [4.78, 5) is 12.4. The standard InChI is InChI=1S/C6H4ClF2NO/c7-6(8,9)4-2-1-3-5(11)10-4/h1-3H,(H,10,11). The van der Waals surface area contributed by atoms with Crippen LogP contribution in [0.5, 0.6) is 0 Å². The number of aromatic amines is 1. The van der Waals surface area contributed by atoms with Crippen molar-refractivity contribution in [1.82, 2.24) is 4.98 Å². The molecule has 0 radical (unpaired) electrons. The highest BCUT2D eigenvalue weighted by Gasteiger charge is 2.28. The fourth-order valence-electron chi connectivity index (χ4n) is 0.613. The first-order valence-electron chi connectivity index (χ1n) is 2.77. The number of rotatable bonds is 1. The van der Waals surface area contributed by atoms with Gasteiger partial charge >= 0.3 is 5.38 Å². The molecule has 0 unspecified atom stereocenters. The van der Waals surface area contributed by atoms with Crippen LogP contribution in [-0.4, -0.2) is 4.98 Å². The predicted octanol–water partition coefficient (Wildman–Crippen LogP) is 1.66. The Kier molecular flexibility index (Phi) is 1.95. The second-order valence-corrected chi connectivity index (χ2v) is 2.40. The molecule has 1 aromatic heterocycles. The molecule has 0 fully saturated rings. The van der Waals surface area contributed by atoms with Gasteiger partial charge in [-0.25, -0.2) is 0 Å². The molecule has 0 bridgehead atoms. The van der Waals surface area contributed by atoms with E-state index in [-0.39, 0.29) is 0 Å². The van der Waals surface area contributed by atoms with Gasteiger partial charge in [-0.2, -0.15) is 8.78 Å². The van der Waals surface area contributed by atoms with E-state index < -0.39 is 16.6 Å². The number of aromatic nitrogens is 1. The van der Waals surface area contributed by atoms with E-state index in [2.05, 4.69) is 11.6 Å². The monoisotopic (exact) mass is 179 g/mol. The Hall–Kier alpha value is -0.900. The van der Waals surface area contributed by atoms with Crippen molar-refractivity contribution in [3.63, 3.8) is 0 Å². The molecule has 0 saturated heterocycles. The molecule has 0 amide bonds. The highest BCUT2D eigenvalue weighted by molar-refractivity contribution is 6.21. The maximum absolute atomic E-state index is 12.2. The Bertz CT molecular complexity index is 304. The van der Waals surface area contributed by atoms with Gasteiger partial charge in [0.05, 0.1) is 0 Å². The van der Waals surface area contributed by atoms with Gasteiger partial charge in [0, 0.05) is 6.07 Å². The van der Waals surface area contributed by atoms with Gasteiger partial charge < -0.3 is 4.98 Å². The maximum atomic E-state index is 12.2. The number of pyridine rings is 1. The Morgan fingerprint density at radius 3 is 2.45 bits per heavy atom. The van der Waals surface area contributed by atoms with E-state index in [1.807, 2.05) is 4.98 Å². The van der Waals surface area contributed by atoms with Gasteiger partial charge in [0.15, 0.2) is 0 Å². The van der Waals surface area contributed by atoms with E-state index in [9.17, 15) is 13.6 Å². The number of hydrogen-bond acceptors (Lipinski definition) is 1. The molecule has 5 heteroatoms. The normalized spacial score (nSPS) is 11.5. The third kappa shape index (κ3) is 2.01. The van der Waals surface area contributed by atoms with Crippen LogP contribution >= 0.6 is 11.6 Å². The molecule has 0 aliphatic heterocycles. The van der Waals surface area contributed by atoms with Crippen molar-refractivity contribution < 1.29 is 8.78 Å². The molecule has 1 heterocycles. The molecule has 1 aromatic rings. The summed E-state index contributed by atoms with van der Waals surface area (Å²) in [6.07, 6.45) is 0. The summed E-state index contributed by atoms with van der Waals surface area (Å²) in [6.45, 7) is 0. The van der Waals surface area contributed by atoms with Crippen LogP contribution < -0.4 is 5.56 Å². The van der Waals surface area contributed by atoms with Crippen molar-refractivity contribution in [3.05, 3.63) is 34.2 Å². The molecule has 0 aliphatic rings. The first-order valence-corrected chi connectivity index (χ1v) is 3.14. The average Bonchev–Trinajstić information content (AvgIpc) is 1.86. The Morgan fingerprint density at radius 2 is 2.09 bits per heavy atom. The Balaban J connectivity index is 3.16. The van der Waals surface area contributed by atoms with Crippen molar-refractivity contribution in [2.75, 3.05) is 0 Å². The van der Waals surface area contributed by atoms with Crippen molar-refractivity contribution in [2.45, 2.75) is 5.38 Å². The lowest BCUT2D eigenvalue weighted by molar-refractivity contribution is 0.0897. The van der Waals surface area contributed by atoms with E-state index in [0.29, 0.717) is 0 Å². The lowest BCUT2D eigenvalue weighted by Crippen LogP contribution is -2.13. The third-order valence-corrected chi connectivity index (χ3v) is 1.28. The fraction of sp³-hybridized carbons (Fsp3) is 0.167. The predicted molar refractivity (Wildman–Crippen MR) is 36.8 cm³/mol. The van der Waals surface area contributed by atoms with E-state index in [4.69, 9.17) is 0 Å². The zero-order valence-electron chi connectivity index (χ0n) is 5.27. The topological polar surface area (TPSA) is 32.9 Å². The summed E-state index contributed by atoms with van der Waals surface area (Å²) in [5.74, 6) is 0. The number of H-pyrrole nitrogens is 1. The van der Waals surface area contributed by atoms with E-state index >= 15 is 0 Å². The molecule has 60 valence electrons. The van der Waals surface area contributed by atoms with Gasteiger partial charge in [0.2, 0.25) is 5.56 Å². The molecule has 1 N–H and O–H groups in total. The molecule has 0 saturated carbocycles. The molecule has 11 heavy (non-hydrogen) atoms. The van der Waals surface area contributed by atoms with Gasteiger partial charge in [-0.05, 0) is 17.7 Å². The minimum absolute atomic E-state index is 0.591. The summed E-state index contributed by atoms with van der Waals surface area (Å²) in [6, 6.07) is 3.39. The van der Waals surface area contributed by atoms with Crippen LogP contribution in [-0.2, 0) is 5.38 Å². The second-order valence-electron chi connectivity index (χ2n) is 1.93. The quantitative estimate of drug-likeness (QED) is 0.654. The van der Waals surface area contributed by atoms with Gasteiger partial charge in [0.1, 0.15) is 5.69 Å². The number of halogens is 3. The number of alkyl halides is 3. The number of nitrogens with one attached hydrogen (secondary N) is 1. The summed E-state index contributed by atoms with van der Waals surface area (Å²) in [5.41, 5.74) is -1.19. The van der Waals surface area contributed by atoms with Gasteiger partial charge in [0.25, 0.3) is 0 Å². The fourth-order valence-corrected chi connectivity index (χ4v) is 0.723. The van der Waals surface area contributed by atoms with E-state index in [1.165, 1.54) is 6.07 Å². The van der Waals surface area contributed by atoms with Crippen LogP contribution in [0.3, 0.4) is 0 Å². The van der Waals surface area contributed by atoms with Crippen molar-refractivity contribution in [1.29, 1.82) is 0 Å². The Labute approximate surface area is 65.8 Å². The molecule has 0 aliphatic carbocycles. The molecular formula is C6H4ClF2NO. The largest absolute Gasteiger partial charge is 0.362 e. The summed E-state index contributed by atoms with van der Waals surface area (Å²) in [5, 5.41) is -3.50. The molecule has 0 atom stereocenters. The van der Waals surface area contributed by atoms with E-state index in [0.717, 1.165) is 12.1 Å². The van der Waals surface area contributed by atoms with Gasteiger partial charge in [-0.15, -0.1) is 0 Å². The van der Waals surface area contributed by atoms with Crippen LogP contribution in [0.2, 0.25) is 0 Å². The SMILES string of the molecule is O=c1cccc(C(F)(F)Cl)[nH]1. The van der Waals surface area contributed by atoms with Crippen LogP contribution in [0, 0.1) is 0 Å². The Morgan fingerprint density at radius 1 is 1.45 bits per heavy atom. The minimum Gasteiger partial charge on any atom is -0.320 e. The zero-order chi connectivity index (χ0) is 8.48. The van der Waals surface area contributed by atoms with Gasteiger partial charge in [-0.3, -0.25) is 4.79 Å². The zero-order valence-corrected chi connectivity index (χ0v) is 6.03. The summed E-state index contributed by atoms with van der Waals surface area (Å²) in [7, 11) is 0. The van der Waals surface area contributed by atoms with E-state index in [1.54, 1.807) is 0 Å². The first-order chi connectivity index (χ1) is 5.00. The van der Waals surface area contributed by atoms with Crippen LogP contribution in [0.4, 0.5) is 8.78 Å². The van der Waals surface area contributed by atoms with Crippen LogP contribution in [0.25, 0.3) is 0 Å². The molecule has 2 nitrogen and oxygen atoms in total. The number of hydrogen-bond donors (Lipinski definition) is 1. The maximum Gasteiger partial charge on any atom is 0.362 e. The summed E-state index contributed by atoms with van der Waals surface area (Å²) < 4.78 is 24.5. The molecule has 0 aromatic carbocycles.